The van der Waals surface area contributed by atoms with E-state index in [1.165, 1.54) is 0 Å². The van der Waals surface area contributed by atoms with E-state index in [4.69, 9.17) is 11.5 Å². The third-order valence-electron chi connectivity index (χ3n) is 2.81. The predicted octanol–water partition coefficient (Wildman–Crippen LogP) is 2.04. The first-order valence-corrected chi connectivity index (χ1v) is 6.78. The maximum Gasteiger partial charge on any atom is 0.248 e. The minimum Gasteiger partial charge on any atom is -0.397 e. The van der Waals surface area contributed by atoms with E-state index in [-0.39, 0.29) is 0 Å². The molecule has 1 aromatic carbocycles. The quantitative estimate of drug-likeness (QED) is 0.728. The molecule has 1 unspecified atom stereocenters. The van der Waals surface area contributed by atoms with Crippen LogP contribution in [0.5, 0.6) is 0 Å². The van der Waals surface area contributed by atoms with Crippen LogP contribution in [0.4, 0.5) is 11.4 Å². The summed E-state index contributed by atoms with van der Waals surface area (Å²) in [4.78, 5) is 15.3. The van der Waals surface area contributed by atoms with Crippen molar-refractivity contribution in [2.75, 3.05) is 17.6 Å². The number of nitrogens with one attached hydrogen (secondary N) is 1. The summed E-state index contributed by atoms with van der Waals surface area (Å²) in [7, 11) is 0. The van der Waals surface area contributed by atoms with Gasteiger partial charge in [0.15, 0.2) is 0 Å². The second-order valence-electron chi connectivity index (χ2n) is 4.32. The number of nitrogens with two attached hydrogens (primary N) is 2. The lowest BCUT2D eigenvalue weighted by molar-refractivity contribution is 0.100. The van der Waals surface area contributed by atoms with E-state index in [1.54, 1.807) is 35.7 Å². The Morgan fingerprint density at radius 2 is 2.32 bits per heavy atom. The van der Waals surface area contributed by atoms with Crippen molar-refractivity contribution in [3.8, 4) is 0 Å². The second-order valence-corrected chi connectivity index (χ2v) is 5.24. The van der Waals surface area contributed by atoms with Gasteiger partial charge < -0.3 is 16.8 Å². The van der Waals surface area contributed by atoms with Gasteiger partial charge in [0, 0.05) is 29.6 Å². The molecule has 0 aliphatic rings. The topological polar surface area (TPSA) is 94.0 Å². The SMILES string of the molecule is CC(CNc1ccc(C(N)=O)cc1N)c1nccs1. The molecule has 6 heteroatoms. The zero-order valence-corrected chi connectivity index (χ0v) is 11.4. The maximum atomic E-state index is 11.0. The summed E-state index contributed by atoms with van der Waals surface area (Å²) in [5.41, 5.74) is 12.8. The lowest BCUT2D eigenvalue weighted by Crippen LogP contribution is -2.13. The molecule has 0 fully saturated rings. The van der Waals surface area contributed by atoms with Gasteiger partial charge in [-0.05, 0) is 18.2 Å². The van der Waals surface area contributed by atoms with Crippen molar-refractivity contribution in [1.29, 1.82) is 0 Å². The molecule has 5 N–H and O–H groups in total. The molecular weight excluding hydrogens is 260 g/mol. The molecule has 0 spiro atoms. The van der Waals surface area contributed by atoms with Gasteiger partial charge in [0.1, 0.15) is 0 Å². The van der Waals surface area contributed by atoms with Crippen LogP contribution in [0, 0.1) is 0 Å². The van der Waals surface area contributed by atoms with Gasteiger partial charge in [-0.1, -0.05) is 6.92 Å². The van der Waals surface area contributed by atoms with Crippen molar-refractivity contribution in [3.05, 3.63) is 40.3 Å². The van der Waals surface area contributed by atoms with E-state index in [2.05, 4.69) is 17.2 Å². The van der Waals surface area contributed by atoms with E-state index < -0.39 is 5.91 Å². The summed E-state index contributed by atoms with van der Waals surface area (Å²) < 4.78 is 0. The Morgan fingerprint density at radius 1 is 1.53 bits per heavy atom. The van der Waals surface area contributed by atoms with Gasteiger partial charge in [-0.25, -0.2) is 4.98 Å². The molecule has 1 atom stereocenters. The molecule has 100 valence electrons. The zero-order valence-electron chi connectivity index (χ0n) is 10.6. The van der Waals surface area contributed by atoms with Crippen LogP contribution in [0.15, 0.2) is 29.8 Å². The third kappa shape index (κ3) is 3.23. The maximum absolute atomic E-state index is 11.0. The highest BCUT2D eigenvalue weighted by Crippen LogP contribution is 2.22. The number of benzene rings is 1. The molecule has 0 radical (unpaired) electrons. The molecule has 2 aromatic rings. The number of anilines is 2. The summed E-state index contributed by atoms with van der Waals surface area (Å²) in [6, 6.07) is 5.01. The van der Waals surface area contributed by atoms with Crippen LogP contribution in [0.3, 0.4) is 0 Å². The molecule has 0 bridgehead atoms. The number of rotatable bonds is 5. The summed E-state index contributed by atoms with van der Waals surface area (Å²) >= 11 is 1.63. The largest absolute Gasteiger partial charge is 0.397 e. The Balaban J connectivity index is 2.02. The molecule has 2 rings (SSSR count). The Bertz CT molecular complexity index is 568. The van der Waals surface area contributed by atoms with Crippen molar-refractivity contribution in [3.63, 3.8) is 0 Å². The van der Waals surface area contributed by atoms with Crippen molar-refractivity contribution in [2.24, 2.45) is 5.73 Å². The standard InChI is InChI=1S/C13H16N4OS/c1-8(13-16-4-5-19-13)7-17-11-3-2-9(12(15)18)6-10(11)14/h2-6,8,17H,7,14H2,1H3,(H2,15,18). The van der Waals surface area contributed by atoms with Crippen LogP contribution in [0.1, 0.15) is 28.2 Å². The summed E-state index contributed by atoms with van der Waals surface area (Å²) in [5.74, 6) is -0.176. The average Bonchev–Trinajstić information content (AvgIpc) is 2.90. The highest BCUT2D eigenvalue weighted by Gasteiger charge is 2.09. The molecule has 1 amide bonds. The fourth-order valence-corrected chi connectivity index (χ4v) is 2.40. The zero-order chi connectivity index (χ0) is 13.8. The monoisotopic (exact) mass is 276 g/mol. The number of thiazole rings is 1. The molecule has 1 aromatic heterocycles. The fourth-order valence-electron chi connectivity index (χ4n) is 1.71. The van der Waals surface area contributed by atoms with Gasteiger partial charge in [0.05, 0.1) is 16.4 Å². The number of carbonyl (C=O) groups is 1. The highest BCUT2D eigenvalue weighted by atomic mass is 32.1. The smallest absolute Gasteiger partial charge is 0.248 e. The summed E-state index contributed by atoms with van der Waals surface area (Å²) in [6.07, 6.45) is 1.80. The van der Waals surface area contributed by atoms with E-state index >= 15 is 0 Å². The number of nitrogen functional groups attached to an aromatic ring is 1. The van der Waals surface area contributed by atoms with Gasteiger partial charge >= 0.3 is 0 Å². The van der Waals surface area contributed by atoms with Crippen LogP contribution < -0.4 is 16.8 Å². The van der Waals surface area contributed by atoms with Crippen LogP contribution in [-0.2, 0) is 0 Å². The van der Waals surface area contributed by atoms with Gasteiger partial charge in [0.2, 0.25) is 5.91 Å². The van der Waals surface area contributed by atoms with Crippen LogP contribution in [0.25, 0.3) is 0 Å². The van der Waals surface area contributed by atoms with Crippen LogP contribution in [0.2, 0.25) is 0 Å². The van der Waals surface area contributed by atoms with Gasteiger partial charge in [0.25, 0.3) is 0 Å². The Morgan fingerprint density at radius 3 is 2.89 bits per heavy atom. The number of amides is 1. The van der Waals surface area contributed by atoms with Crippen LogP contribution >= 0.6 is 11.3 Å². The third-order valence-corrected chi connectivity index (χ3v) is 3.81. The number of aromatic nitrogens is 1. The van der Waals surface area contributed by atoms with Gasteiger partial charge in [-0.15, -0.1) is 11.3 Å². The lowest BCUT2D eigenvalue weighted by Gasteiger charge is -2.13. The second kappa shape index (κ2) is 5.71. The average molecular weight is 276 g/mol. The van der Waals surface area contributed by atoms with E-state index in [0.29, 0.717) is 17.2 Å². The molecule has 1 heterocycles. The summed E-state index contributed by atoms with van der Waals surface area (Å²) in [5, 5.41) is 6.30. The number of carbonyl (C=O) groups excluding carboxylic acids is 1. The normalized spacial score (nSPS) is 12.1. The first-order valence-electron chi connectivity index (χ1n) is 5.90. The highest BCUT2D eigenvalue weighted by molar-refractivity contribution is 7.09. The molecule has 0 aliphatic heterocycles. The van der Waals surface area contributed by atoms with Crippen LogP contribution in [-0.4, -0.2) is 17.4 Å². The van der Waals surface area contributed by atoms with E-state index in [0.717, 1.165) is 17.2 Å². The first-order chi connectivity index (χ1) is 9.08. The van der Waals surface area contributed by atoms with Crippen molar-refractivity contribution >= 4 is 28.6 Å². The number of nitrogens with zero attached hydrogens (tertiary/aromatic N) is 1. The molecular formula is C13H16N4OS. The summed E-state index contributed by atoms with van der Waals surface area (Å²) in [6.45, 7) is 2.83. The Labute approximate surface area is 115 Å². The van der Waals surface area contributed by atoms with Crippen molar-refractivity contribution < 1.29 is 4.79 Å². The molecule has 0 saturated carbocycles. The number of hydrogen-bond donors (Lipinski definition) is 3. The first kappa shape index (κ1) is 13.4. The van der Waals surface area contributed by atoms with Crippen molar-refractivity contribution in [1.82, 2.24) is 4.98 Å². The van der Waals surface area contributed by atoms with E-state index in [1.807, 2.05) is 5.38 Å². The lowest BCUT2D eigenvalue weighted by atomic mass is 10.1. The fraction of sp³-hybridized carbons (Fsp3) is 0.231. The predicted molar refractivity (Wildman–Crippen MR) is 78.4 cm³/mol. The molecule has 19 heavy (non-hydrogen) atoms. The minimum atomic E-state index is -0.477. The van der Waals surface area contributed by atoms with E-state index in [9.17, 15) is 4.79 Å². The Kier molecular flexibility index (Phi) is 4.01. The van der Waals surface area contributed by atoms with Crippen molar-refractivity contribution in [2.45, 2.75) is 12.8 Å². The Hall–Kier alpha value is -2.08. The van der Waals surface area contributed by atoms with Gasteiger partial charge in [-0.2, -0.15) is 0 Å². The molecule has 5 nitrogen and oxygen atoms in total. The number of primary amides is 1. The minimum absolute atomic E-state index is 0.301. The van der Waals surface area contributed by atoms with Gasteiger partial charge in [-0.3, -0.25) is 4.79 Å². The number of hydrogen-bond acceptors (Lipinski definition) is 5. The molecule has 0 saturated heterocycles. The molecule has 0 aliphatic carbocycles.